The number of nitrogens with one attached hydrogen (secondary N) is 1. The molecule has 2 rings (SSSR count). The van der Waals surface area contributed by atoms with Gasteiger partial charge in [0, 0.05) is 20.2 Å². The summed E-state index contributed by atoms with van der Waals surface area (Å²) in [6.45, 7) is 5.87. The predicted molar refractivity (Wildman–Crippen MR) is 103 cm³/mol. The van der Waals surface area contributed by atoms with E-state index in [0.29, 0.717) is 25.4 Å². The topological polar surface area (TPSA) is 58.2 Å². The molecular formula is C19H26BrN3O2. The second-order valence-corrected chi connectivity index (χ2v) is 7.12. The number of nitrogens with zero attached hydrogens (tertiary/aromatic N) is 2. The molecule has 0 unspecified atom stereocenters. The molecule has 1 amide bonds. The summed E-state index contributed by atoms with van der Waals surface area (Å²) in [5, 5.41) is 7.20. The quantitative estimate of drug-likeness (QED) is 0.682. The van der Waals surface area contributed by atoms with Gasteiger partial charge in [0.2, 0.25) is 0 Å². The first-order valence-electron chi connectivity index (χ1n) is 8.60. The van der Waals surface area contributed by atoms with Crippen molar-refractivity contribution in [3.63, 3.8) is 0 Å². The highest BCUT2D eigenvalue weighted by molar-refractivity contribution is 9.10. The summed E-state index contributed by atoms with van der Waals surface area (Å²) in [6.07, 6.45) is 1.84. The third-order valence-corrected chi connectivity index (χ3v) is 4.90. The summed E-state index contributed by atoms with van der Waals surface area (Å²) in [5.74, 6) is 0.203. The first-order chi connectivity index (χ1) is 12.0. The molecular weight excluding hydrogens is 382 g/mol. The van der Waals surface area contributed by atoms with Crippen LogP contribution in [0.3, 0.4) is 0 Å². The number of ether oxygens (including phenoxy) is 1. The molecule has 0 aliphatic heterocycles. The van der Waals surface area contributed by atoms with Gasteiger partial charge in [0.1, 0.15) is 0 Å². The first-order valence-corrected chi connectivity index (χ1v) is 9.39. The molecule has 1 aromatic heterocycles. The fourth-order valence-corrected chi connectivity index (χ4v) is 3.46. The first kappa shape index (κ1) is 19.7. The van der Waals surface area contributed by atoms with Crippen molar-refractivity contribution in [2.24, 2.45) is 0 Å². The number of rotatable bonds is 9. The van der Waals surface area contributed by atoms with Crippen LogP contribution in [-0.4, -0.2) is 47.8 Å². The van der Waals surface area contributed by atoms with Gasteiger partial charge in [-0.05, 0) is 40.3 Å². The molecule has 6 heteroatoms. The van der Waals surface area contributed by atoms with Crippen LogP contribution in [0.5, 0.6) is 0 Å². The molecule has 1 heterocycles. The fourth-order valence-electron chi connectivity index (χ4n) is 2.65. The highest BCUT2D eigenvalue weighted by Gasteiger charge is 2.23. The summed E-state index contributed by atoms with van der Waals surface area (Å²) in [7, 11) is 1.65. The van der Waals surface area contributed by atoms with Crippen molar-refractivity contribution >= 4 is 21.8 Å². The molecule has 0 fully saturated rings. The number of amides is 1. The van der Waals surface area contributed by atoms with Crippen molar-refractivity contribution in [2.75, 3.05) is 26.8 Å². The SMILES string of the molecule is COCCN(CCCc1ccccc1)C(=O)c1n[nH]c(C(C)C)c1Br. The average molecular weight is 408 g/mol. The molecule has 25 heavy (non-hydrogen) atoms. The molecule has 1 aromatic carbocycles. The number of hydrogen-bond donors (Lipinski definition) is 1. The van der Waals surface area contributed by atoms with Crippen molar-refractivity contribution in [3.05, 3.63) is 51.8 Å². The van der Waals surface area contributed by atoms with Crippen LogP contribution in [0.4, 0.5) is 0 Å². The zero-order chi connectivity index (χ0) is 18.2. The average Bonchev–Trinajstić information content (AvgIpc) is 3.00. The molecule has 5 nitrogen and oxygen atoms in total. The minimum absolute atomic E-state index is 0.0693. The lowest BCUT2D eigenvalue weighted by molar-refractivity contribution is 0.0686. The number of H-pyrrole nitrogens is 1. The van der Waals surface area contributed by atoms with Crippen molar-refractivity contribution in [3.8, 4) is 0 Å². The van der Waals surface area contributed by atoms with Crippen LogP contribution in [0.2, 0.25) is 0 Å². The zero-order valence-electron chi connectivity index (χ0n) is 15.1. The highest BCUT2D eigenvalue weighted by Crippen LogP contribution is 2.26. The van der Waals surface area contributed by atoms with Crippen LogP contribution in [0, 0.1) is 0 Å². The number of hydrogen-bond acceptors (Lipinski definition) is 3. The van der Waals surface area contributed by atoms with Crippen LogP contribution in [-0.2, 0) is 11.2 Å². The Morgan fingerprint density at radius 3 is 2.60 bits per heavy atom. The number of aromatic nitrogens is 2. The Morgan fingerprint density at radius 2 is 2.00 bits per heavy atom. The zero-order valence-corrected chi connectivity index (χ0v) is 16.7. The Morgan fingerprint density at radius 1 is 1.28 bits per heavy atom. The van der Waals surface area contributed by atoms with Gasteiger partial charge in [-0.1, -0.05) is 44.2 Å². The smallest absolute Gasteiger partial charge is 0.275 e. The standard InChI is InChI=1S/C19H26BrN3O2/c1-14(2)17-16(20)18(22-21-17)19(24)23(12-13-25-3)11-7-10-15-8-5-4-6-9-15/h4-6,8-9,14H,7,10-13H2,1-3H3,(H,21,22). The van der Waals surface area contributed by atoms with Gasteiger partial charge < -0.3 is 9.64 Å². The summed E-state index contributed by atoms with van der Waals surface area (Å²) in [5.41, 5.74) is 2.67. The van der Waals surface area contributed by atoms with Gasteiger partial charge in [-0.2, -0.15) is 5.10 Å². The van der Waals surface area contributed by atoms with E-state index in [4.69, 9.17) is 4.74 Å². The van der Waals surface area contributed by atoms with E-state index in [1.54, 1.807) is 7.11 Å². The van der Waals surface area contributed by atoms with Gasteiger partial charge in [0.15, 0.2) is 5.69 Å². The van der Waals surface area contributed by atoms with Crippen LogP contribution in [0.25, 0.3) is 0 Å². The third-order valence-electron chi connectivity index (χ3n) is 4.10. The fraction of sp³-hybridized carbons (Fsp3) is 0.474. The lowest BCUT2D eigenvalue weighted by atomic mass is 10.1. The number of benzene rings is 1. The Labute approximate surface area is 157 Å². The van der Waals surface area contributed by atoms with Crippen molar-refractivity contribution in [1.82, 2.24) is 15.1 Å². The molecule has 1 N–H and O–H groups in total. The van der Waals surface area contributed by atoms with E-state index in [1.807, 2.05) is 23.1 Å². The molecule has 136 valence electrons. The number of carbonyl (C=O) groups is 1. The summed E-state index contributed by atoms with van der Waals surface area (Å²) < 4.78 is 5.92. The Balaban J connectivity index is 2.04. The van der Waals surface area contributed by atoms with Gasteiger partial charge in [0.25, 0.3) is 5.91 Å². The molecule has 0 spiro atoms. The van der Waals surface area contributed by atoms with E-state index in [2.05, 4.69) is 52.1 Å². The maximum atomic E-state index is 12.9. The summed E-state index contributed by atoms with van der Waals surface area (Å²) in [6, 6.07) is 10.3. The van der Waals surface area contributed by atoms with E-state index in [9.17, 15) is 4.79 Å². The predicted octanol–water partition coefficient (Wildman–Crippen LogP) is 4.02. The molecule has 0 atom stereocenters. The van der Waals surface area contributed by atoms with E-state index in [-0.39, 0.29) is 11.8 Å². The molecule has 0 aliphatic rings. The maximum Gasteiger partial charge on any atom is 0.275 e. The normalized spacial score (nSPS) is 11.1. The second kappa shape index (κ2) is 9.73. The maximum absolute atomic E-state index is 12.9. The molecule has 0 saturated carbocycles. The van der Waals surface area contributed by atoms with Gasteiger partial charge in [0.05, 0.1) is 16.8 Å². The van der Waals surface area contributed by atoms with Crippen molar-refractivity contribution in [1.29, 1.82) is 0 Å². The monoisotopic (exact) mass is 407 g/mol. The van der Waals surface area contributed by atoms with E-state index < -0.39 is 0 Å². The third kappa shape index (κ3) is 5.41. The van der Waals surface area contributed by atoms with Gasteiger partial charge in [-0.3, -0.25) is 9.89 Å². The van der Waals surface area contributed by atoms with Gasteiger partial charge in [-0.25, -0.2) is 0 Å². The minimum atomic E-state index is -0.0693. The van der Waals surface area contributed by atoms with Crippen LogP contribution in [0.1, 0.15) is 47.9 Å². The second-order valence-electron chi connectivity index (χ2n) is 6.33. The van der Waals surface area contributed by atoms with E-state index >= 15 is 0 Å². The molecule has 0 saturated heterocycles. The Hall–Kier alpha value is -1.66. The molecule has 0 bridgehead atoms. The molecule has 0 aliphatic carbocycles. The minimum Gasteiger partial charge on any atom is -0.383 e. The molecule has 0 radical (unpaired) electrons. The number of aryl methyl sites for hydroxylation is 1. The lowest BCUT2D eigenvalue weighted by Crippen LogP contribution is -2.35. The van der Waals surface area contributed by atoms with E-state index in [1.165, 1.54) is 5.56 Å². The number of carbonyl (C=O) groups excluding carboxylic acids is 1. The number of aromatic amines is 1. The van der Waals surface area contributed by atoms with Crippen LogP contribution >= 0.6 is 15.9 Å². The van der Waals surface area contributed by atoms with Crippen molar-refractivity contribution < 1.29 is 9.53 Å². The largest absolute Gasteiger partial charge is 0.383 e. The van der Waals surface area contributed by atoms with Gasteiger partial charge in [-0.15, -0.1) is 0 Å². The van der Waals surface area contributed by atoms with Gasteiger partial charge >= 0.3 is 0 Å². The Bertz CT molecular complexity index is 671. The Kier molecular flexibility index (Phi) is 7.65. The van der Waals surface area contributed by atoms with Crippen LogP contribution in [0.15, 0.2) is 34.8 Å². The van der Waals surface area contributed by atoms with Crippen molar-refractivity contribution in [2.45, 2.75) is 32.6 Å². The summed E-state index contributed by atoms with van der Waals surface area (Å²) >= 11 is 3.52. The number of methoxy groups -OCH3 is 1. The number of halogens is 1. The highest BCUT2D eigenvalue weighted by atomic mass is 79.9. The van der Waals surface area contributed by atoms with Crippen LogP contribution < -0.4 is 0 Å². The lowest BCUT2D eigenvalue weighted by Gasteiger charge is -2.21. The van der Waals surface area contributed by atoms with E-state index in [0.717, 1.165) is 23.0 Å². The summed E-state index contributed by atoms with van der Waals surface area (Å²) in [4.78, 5) is 14.7. The molecule has 2 aromatic rings.